The number of benzene rings is 1. The summed E-state index contributed by atoms with van der Waals surface area (Å²) >= 11 is 5.86. The Balaban J connectivity index is 2.71. The average molecular weight is 272 g/mol. The highest BCUT2D eigenvalue weighted by Gasteiger charge is 2.20. The smallest absolute Gasteiger partial charge is 0.408 e. The second kappa shape index (κ2) is 6.07. The van der Waals surface area contributed by atoms with Crippen molar-refractivity contribution < 1.29 is 14.6 Å². The van der Waals surface area contributed by atoms with Crippen LogP contribution in [0.3, 0.4) is 0 Å². The molecule has 1 aromatic rings. The zero-order valence-corrected chi connectivity index (χ0v) is 11.5. The second-order valence-corrected chi connectivity index (χ2v) is 5.37. The summed E-state index contributed by atoms with van der Waals surface area (Å²) in [5, 5.41) is 12.5. The molecule has 0 aliphatic rings. The number of carbonyl (C=O) groups excluding carboxylic acids is 1. The lowest BCUT2D eigenvalue weighted by Gasteiger charge is -2.23. The molecule has 18 heavy (non-hydrogen) atoms. The van der Waals surface area contributed by atoms with Gasteiger partial charge in [-0.15, -0.1) is 0 Å². The molecule has 4 nitrogen and oxygen atoms in total. The highest BCUT2D eigenvalue weighted by atomic mass is 35.5. The molecule has 0 heterocycles. The van der Waals surface area contributed by atoms with E-state index in [2.05, 4.69) is 5.32 Å². The summed E-state index contributed by atoms with van der Waals surface area (Å²) in [6, 6.07) is 6.44. The fraction of sp³-hybridized carbons (Fsp3) is 0.462. The van der Waals surface area contributed by atoms with Crippen molar-refractivity contribution in [3.63, 3.8) is 0 Å². The van der Waals surface area contributed by atoms with Crippen molar-refractivity contribution in [2.45, 2.75) is 32.4 Å². The van der Waals surface area contributed by atoms with Crippen LogP contribution in [0, 0.1) is 0 Å². The molecule has 0 aromatic heterocycles. The summed E-state index contributed by atoms with van der Waals surface area (Å²) in [7, 11) is 0. The van der Waals surface area contributed by atoms with Gasteiger partial charge in [-0.3, -0.25) is 0 Å². The van der Waals surface area contributed by atoms with E-state index in [-0.39, 0.29) is 6.61 Å². The van der Waals surface area contributed by atoms with Gasteiger partial charge in [-0.25, -0.2) is 4.79 Å². The van der Waals surface area contributed by atoms with E-state index in [1.807, 2.05) is 0 Å². The number of amides is 1. The molecule has 1 rings (SSSR count). The Bertz CT molecular complexity index is 415. The predicted octanol–water partition coefficient (Wildman–Crippen LogP) is 2.90. The van der Waals surface area contributed by atoms with Gasteiger partial charge in [0.15, 0.2) is 0 Å². The predicted molar refractivity (Wildman–Crippen MR) is 70.6 cm³/mol. The van der Waals surface area contributed by atoms with Crippen LogP contribution in [0.5, 0.6) is 0 Å². The molecule has 0 aliphatic heterocycles. The van der Waals surface area contributed by atoms with E-state index in [0.717, 1.165) is 5.56 Å². The number of alkyl carbamates (subject to hydrolysis) is 1. The molecule has 2 N–H and O–H groups in total. The van der Waals surface area contributed by atoms with Gasteiger partial charge in [-0.05, 0) is 38.5 Å². The van der Waals surface area contributed by atoms with Gasteiger partial charge in [0.1, 0.15) is 5.60 Å². The minimum absolute atomic E-state index is 0.223. The molecule has 0 radical (unpaired) electrons. The van der Waals surface area contributed by atoms with Crippen molar-refractivity contribution in [2.75, 3.05) is 6.61 Å². The summed E-state index contributed by atoms with van der Waals surface area (Å²) in [5.41, 5.74) is 0.161. The number of hydrogen-bond acceptors (Lipinski definition) is 3. The minimum Gasteiger partial charge on any atom is -0.444 e. The second-order valence-electron chi connectivity index (χ2n) is 4.94. The van der Waals surface area contributed by atoms with Gasteiger partial charge in [0, 0.05) is 5.02 Å². The molecular weight excluding hydrogens is 254 g/mol. The maximum Gasteiger partial charge on any atom is 0.408 e. The van der Waals surface area contributed by atoms with Crippen LogP contribution in [0.2, 0.25) is 5.02 Å². The van der Waals surface area contributed by atoms with Gasteiger partial charge >= 0.3 is 6.09 Å². The van der Waals surface area contributed by atoms with Gasteiger partial charge in [0.25, 0.3) is 0 Å². The minimum atomic E-state index is -0.571. The number of ether oxygens (including phenoxy) is 1. The summed E-state index contributed by atoms with van der Waals surface area (Å²) in [5.74, 6) is 0. The highest BCUT2D eigenvalue weighted by Crippen LogP contribution is 2.18. The van der Waals surface area contributed by atoms with Crippen molar-refractivity contribution in [3.05, 3.63) is 34.9 Å². The number of rotatable bonds is 3. The lowest BCUT2D eigenvalue weighted by molar-refractivity contribution is 0.0482. The summed E-state index contributed by atoms with van der Waals surface area (Å²) in [4.78, 5) is 11.6. The van der Waals surface area contributed by atoms with Gasteiger partial charge in [-0.1, -0.05) is 23.7 Å². The standard InChI is InChI=1S/C13H18ClNO3/c1-13(2,3)18-12(17)15-11(8-16)9-5-4-6-10(14)7-9/h4-7,11,16H,8H2,1-3H3,(H,15,17)/t11-/m1/s1. The quantitative estimate of drug-likeness (QED) is 0.889. The fourth-order valence-electron chi connectivity index (χ4n) is 1.41. The third-order valence-electron chi connectivity index (χ3n) is 2.12. The maximum atomic E-state index is 11.6. The van der Waals surface area contributed by atoms with E-state index in [0.29, 0.717) is 5.02 Å². The van der Waals surface area contributed by atoms with E-state index in [4.69, 9.17) is 16.3 Å². The average Bonchev–Trinajstić information content (AvgIpc) is 2.23. The Morgan fingerprint density at radius 2 is 2.17 bits per heavy atom. The van der Waals surface area contributed by atoms with Crippen LogP contribution in [-0.4, -0.2) is 23.4 Å². The molecule has 1 amide bonds. The van der Waals surface area contributed by atoms with Crippen molar-refractivity contribution in [1.82, 2.24) is 5.32 Å². The Morgan fingerprint density at radius 3 is 2.67 bits per heavy atom. The first kappa shape index (κ1) is 14.8. The van der Waals surface area contributed by atoms with Gasteiger partial charge in [0.2, 0.25) is 0 Å². The molecule has 0 unspecified atom stereocenters. The van der Waals surface area contributed by atoms with Crippen LogP contribution < -0.4 is 5.32 Å². The van der Waals surface area contributed by atoms with Crippen molar-refractivity contribution in [3.8, 4) is 0 Å². The third kappa shape index (κ3) is 4.94. The van der Waals surface area contributed by atoms with Crippen LogP contribution in [-0.2, 0) is 4.74 Å². The van der Waals surface area contributed by atoms with Gasteiger partial charge in [-0.2, -0.15) is 0 Å². The van der Waals surface area contributed by atoms with Crippen molar-refractivity contribution in [2.24, 2.45) is 0 Å². The number of hydrogen-bond donors (Lipinski definition) is 2. The molecule has 0 fully saturated rings. The highest BCUT2D eigenvalue weighted by molar-refractivity contribution is 6.30. The Kier molecular flexibility index (Phi) is 4.99. The van der Waals surface area contributed by atoms with Crippen LogP contribution in [0.25, 0.3) is 0 Å². The third-order valence-corrected chi connectivity index (χ3v) is 2.36. The van der Waals surface area contributed by atoms with E-state index in [1.54, 1.807) is 45.0 Å². The van der Waals surface area contributed by atoms with Gasteiger partial charge in [0.05, 0.1) is 12.6 Å². The Morgan fingerprint density at radius 1 is 1.50 bits per heavy atom. The molecule has 0 saturated heterocycles. The molecular formula is C13H18ClNO3. The molecule has 1 aromatic carbocycles. The van der Waals surface area contributed by atoms with E-state index >= 15 is 0 Å². The number of carbonyl (C=O) groups is 1. The normalized spacial score (nSPS) is 12.9. The molecule has 0 aliphatic carbocycles. The first-order chi connectivity index (χ1) is 8.31. The lowest BCUT2D eigenvalue weighted by Crippen LogP contribution is -2.36. The fourth-order valence-corrected chi connectivity index (χ4v) is 1.61. The molecule has 1 atom stereocenters. The van der Waals surface area contributed by atoms with E-state index in [1.165, 1.54) is 0 Å². The van der Waals surface area contributed by atoms with E-state index in [9.17, 15) is 9.90 Å². The summed E-state index contributed by atoms with van der Waals surface area (Å²) in [6.07, 6.45) is -0.568. The number of aliphatic hydroxyl groups excluding tert-OH is 1. The first-order valence-corrected chi connectivity index (χ1v) is 6.05. The lowest BCUT2D eigenvalue weighted by atomic mass is 10.1. The maximum absolute atomic E-state index is 11.6. The molecule has 0 spiro atoms. The molecule has 0 saturated carbocycles. The molecule has 100 valence electrons. The van der Waals surface area contributed by atoms with E-state index < -0.39 is 17.7 Å². The van der Waals surface area contributed by atoms with Crippen LogP contribution in [0.15, 0.2) is 24.3 Å². The first-order valence-electron chi connectivity index (χ1n) is 5.67. The van der Waals surface area contributed by atoms with Crippen LogP contribution in [0.1, 0.15) is 32.4 Å². The number of halogens is 1. The Hall–Kier alpha value is -1.26. The largest absolute Gasteiger partial charge is 0.444 e. The van der Waals surface area contributed by atoms with Crippen molar-refractivity contribution >= 4 is 17.7 Å². The Labute approximate surface area is 112 Å². The zero-order chi connectivity index (χ0) is 13.8. The van der Waals surface area contributed by atoms with Crippen LogP contribution >= 0.6 is 11.6 Å². The molecule has 0 bridgehead atoms. The van der Waals surface area contributed by atoms with Crippen molar-refractivity contribution in [1.29, 1.82) is 0 Å². The number of aliphatic hydroxyl groups is 1. The molecule has 5 heteroatoms. The zero-order valence-electron chi connectivity index (χ0n) is 10.7. The summed E-state index contributed by atoms with van der Waals surface area (Å²) < 4.78 is 5.13. The van der Waals surface area contributed by atoms with Crippen LogP contribution in [0.4, 0.5) is 4.79 Å². The van der Waals surface area contributed by atoms with Gasteiger partial charge < -0.3 is 15.2 Å². The number of nitrogens with one attached hydrogen (secondary N) is 1. The monoisotopic (exact) mass is 271 g/mol. The summed E-state index contributed by atoms with van der Waals surface area (Å²) in [6.45, 7) is 5.11. The topological polar surface area (TPSA) is 58.6 Å². The SMILES string of the molecule is CC(C)(C)OC(=O)N[C@H](CO)c1cccc(Cl)c1.